The van der Waals surface area contributed by atoms with Crippen molar-refractivity contribution in [1.82, 2.24) is 4.72 Å². The molecule has 1 aromatic rings. The van der Waals surface area contributed by atoms with Crippen LogP contribution in [-0.4, -0.2) is 25.7 Å². The van der Waals surface area contributed by atoms with Crippen molar-refractivity contribution >= 4 is 15.7 Å². The predicted molar refractivity (Wildman–Crippen MR) is 69.7 cm³/mol. The van der Waals surface area contributed by atoms with Crippen LogP contribution in [0, 0.1) is 13.8 Å². The number of aliphatic hydroxyl groups is 1. The molecule has 0 unspecified atom stereocenters. The van der Waals surface area contributed by atoms with Gasteiger partial charge in [0.25, 0.3) is 0 Å². The molecule has 0 radical (unpaired) electrons. The van der Waals surface area contributed by atoms with Crippen LogP contribution in [0.25, 0.3) is 0 Å². The van der Waals surface area contributed by atoms with Gasteiger partial charge in [-0.1, -0.05) is 0 Å². The van der Waals surface area contributed by atoms with Gasteiger partial charge in [0.1, 0.15) is 0 Å². The van der Waals surface area contributed by atoms with Gasteiger partial charge in [-0.05, 0) is 49.9 Å². The van der Waals surface area contributed by atoms with E-state index in [1.807, 2.05) is 13.8 Å². The lowest BCUT2D eigenvalue weighted by Crippen LogP contribution is -2.46. The van der Waals surface area contributed by atoms with E-state index in [4.69, 9.17) is 10.8 Å². The van der Waals surface area contributed by atoms with Crippen LogP contribution in [0.3, 0.4) is 0 Å². The van der Waals surface area contributed by atoms with Crippen LogP contribution in [0.1, 0.15) is 24.0 Å². The quantitative estimate of drug-likeness (QED) is 0.704. The number of nitrogen functional groups attached to an aromatic ring is 1. The molecular weight excluding hydrogens is 252 g/mol. The van der Waals surface area contributed by atoms with Crippen LogP contribution in [-0.2, 0) is 10.0 Å². The van der Waals surface area contributed by atoms with Gasteiger partial charge in [0.05, 0.1) is 11.0 Å². The van der Waals surface area contributed by atoms with E-state index >= 15 is 0 Å². The molecule has 6 heteroatoms. The molecule has 0 saturated heterocycles. The van der Waals surface area contributed by atoms with Crippen molar-refractivity contribution in [1.29, 1.82) is 0 Å². The predicted octanol–water partition coefficient (Wildman–Crippen LogP) is 0.687. The third-order valence-corrected chi connectivity index (χ3v) is 4.93. The highest BCUT2D eigenvalue weighted by Gasteiger charge is 2.31. The minimum atomic E-state index is -3.55. The summed E-state index contributed by atoms with van der Waals surface area (Å²) in [5.74, 6) is 0. The Hall–Kier alpha value is -1.11. The van der Waals surface area contributed by atoms with Gasteiger partial charge in [0.2, 0.25) is 10.0 Å². The van der Waals surface area contributed by atoms with Crippen LogP contribution in [0.15, 0.2) is 17.0 Å². The highest BCUT2D eigenvalue weighted by molar-refractivity contribution is 7.89. The fraction of sp³-hybridized carbons (Fsp3) is 0.500. The van der Waals surface area contributed by atoms with Crippen LogP contribution < -0.4 is 10.5 Å². The summed E-state index contributed by atoms with van der Waals surface area (Å²) in [5, 5.41) is 9.16. The smallest absolute Gasteiger partial charge is 0.240 e. The van der Waals surface area contributed by atoms with E-state index < -0.39 is 10.0 Å². The SMILES string of the molecule is Cc1cc(S(=O)(=O)NC2CC(O)C2)cc(N)c1C. The maximum Gasteiger partial charge on any atom is 0.240 e. The first kappa shape index (κ1) is 13.3. The minimum absolute atomic E-state index is 0.173. The summed E-state index contributed by atoms with van der Waals surface area (Å²) in [6.45, 7) is 3.69. The lowest BCUT2D eigenvalue weighted by molar-refractivity contribution is 0.0712. The van der Waals surface area contributed by atoms with E-state index in [2.05, 4.69) is 4.72 Å². The van der Waals surface area contributed by atoms with E-state index in [-0.39, 0.29) is 17.0 Å². The Morgan fingerprint density at radius 3 is 2.44 bits per heavy atom. The summed E-state index contributed by atoms with van der Waals surface area (Å²) in [5.41, 5.74) is 8.01. The van der Waals surface area contributed by atoms with Gasteiger partial charge in [0, 0.05) is 11.7 Å². The van der Waals surface area contributed by atoms with Gasteiger partial charge in [-0.25, -0.2) is 13.1 Å². The molecule has 0 aliphatic heterocycles. The van der Waals surface area contributed by atoms with Crippen molar-refractivity contribution in [3.63, 3.8) is 0 Å². The average molecular weight is 270 g/mol. The average Bonchev–Trinajstić information content (AvgIpc) is 2.22. The fourth-order valence-corrected chi connectivity index (χ4v) is 3.36. The van der Waals surface area contributed by atoms with Crippen molar-refractivity contribution in [3.05, 3.63) is 23.3 Å². The maximum absolute atomic E-state index is 12.1. The van der Waals surface area contributed by atoms with Crippen molar-refractivity contribution in [2.45, 2.75) is 43.7 Å². The number of benzene rings is 1. The molecule has 0 atom stereocenters. The van der Waals surface area contributed by atoms with Gasteiger partial charge >= 0.3 is 0 Å². The molecule has 2 rings (SSSR count). The molecule has 1 aliphatic rings. The summed E-state index contributed by atoms with van der Waals surface area (Å²) < 4.78 is 26.8. The first-order chi connectivity index (χ1) is 8.29. The molecule has 5 nitrogen and oxygen atoms in total. The number of nitrogens with one attached hydrogen (secondary N) is 1. The van der Waals surface area contributed by atoms with Gasteiger partial charge in [-0.3, -0.25) is 0 Å². The Kier molecular flexibility index (Phi) is 3.35. The molecule has 1 aliphatic carbocycles. The standard InChI is InChI=1S/C12H18N2O3S/c1-7-3-11(6-12(13)8(7)2)18(16,17)14-9-4-10(15)5-9/h3,6,9-10,14-15H,4-5,13H2,1-2H3. The summed E-state index contributed by atoms with van der Waals surface area (Å²) >= 11 is 0. The van der Waals surface area contributed by atoms with Crippen LogP contribution >= 0.6 is 0 Å². The van der Waals surface area contributed by atoms with Gasteiger partial charge < -0.3 is 10.8 Å². The molecule has 0 heterocycles. The minimum Gasteiger partial charge on any atom is -0.398 e. The number of aryl methyl sites for hydroxylation is 1. The second-order valence-corrected chi connectivity index (χ2v) is 6.61. The zero-order valence-electron chi connectivity index (χ0n) is 10.5. The molecule has 100 valence electrons. The Bertz CT molecular complexity index is 540. The fourth-order valence-electron chi connectivity index (χ4n) is 1.98. The number of anilines is 1. The molecule has 0 spiro atoms. The van der Waals surface area contributed by atoms with Gasteiger partial charge in [0.15, 0.2) is 0 Å². The number of rotatable bonds is 3. The molecule has 4 N–H and O–H groups in total. The summed E-state index contributed by atoms with van der Waals surface area (Å²) in [6.07, 6.45) is 0.557. The topological polar surface area (TPSA) is 92.4 Å². The van der Waals surface area contributed by atoms with Crippen LogP contribution in [0.4, 0.5) is 5.69 Å². The molecule has 0 amide bonds. The molecule has 1 aromatic carbocycles. The zero-order chi connectivity index (χ0) is 13.5. The van der Waals surface area contributed by atoms with E-state index in [1.165, 1.54) is 6.07 Å². The van der Waals surface area contributed by atoms with Crippen LogP contribution in [0.2, 0.25) is 0 Å². The van der Waals surface area contributed by atoms with Gasteiger partial charge in [-0.2, -0.15) is 0 Å². The molecule has 18 heavy (non-hydrogen) atoms. The Morgan fingerprint density at radius 2 is 1.94 bits per heavy atom. The number of sulfonamides is 1. The van der Waals surface area contributed by atoms with Crippen molar-refractivity contribution in [2.24, 2.45) is 0 Å². The third-order valence-electron chi connectivity index (χ3n) is 3.43. The largest absolute Gasteiger partial charge is 0.398 e. The Labute approximate surface area is 107 Å². The number of hydrogen-bond donors (Lipinski definition) is 3. The normalized spacial score (nSPS) is 23.7. The van der Waals surface area contributed by atoms with Crippen molar-refractivity contribution < 1.29 is 13.5 Å². The van der Waals surface area contributed by atoms with E-state index in [1.54, 1.807) is 6.07 Å². The molecule has 1 fully saturated rings. The maximum atomic E-state index is 12.1. The molecule has 0 aromatic heterocycles. The summed E-state index contributed by atoms with van der Waals surface area (Å²) in [4.78, 5) is 0.185. The highest BCUT2D eigenvalue weighted by atomic mass is 32.2. The second-order valence-electron chi connectivity index (χ2n) is 4.90. The monoisotopic (exact) mass is 270 g/mol. The van der Waals surface area contributed by atoms with E-state index in [0.29, 0.717) is 18.5 Å². The number of aliphatic hydroxyl groups excluding tert-OH is 1. The first-order valence-corrected chi connectivity index (χ1v) is 7.35. The lowest BCUT2D eigenvalue weighted by atomic mass is 9.91. The zero-order valence-corrected chi connectivity index (χ0v) is 11.3. The highest BCUT2D eigenvalue weighted by Crippen LogP contribution is 2.25. The first-order valence-electron chi connectivity index (χ1n) is 5.86. The lowest BCUT2D eigenvalue weighted by Gasteiger charge is -2.31. The molecular formula is C12H18N2O3S. The number of hydrogen-bond acceptors (Lipinski definition) is 4. The van der Waals surface area contributed by atoms with E-state index in [9.17, 15) is 8.42 Å². The van der Waals surface area contributed by atoms with E-state index in [0.717, 1.165) is 11.1 Å². The second kappa shape index (κ2) is 4.53. The summed E-state index contributed by atoms with van der Waals surface area (Å²) in [6, 6.07) is 2.91. The molecule has 1 saturated carbocycles. The molecule has 0 bridgehead atoms. The Balaban J connectivity index is 2.24. The Morgan fingerprint density at radius 1 is 1.33 bits per heavy atom. The van der Waals surface area contributed by atoms with Gasteiger partial charge in [-0.15, -0.1) is 0 Å². The summed E-state index contributed by atoms with van der Waals surface area (Å²) in [7, 11) is -3.55. The van der Waals surface area contributed by atoms with Crippen molar-refractivity contribution in [2.75, 3.05) is 5.73 Å². The number of nitrogens with two attached hydrogens (primary N) is 1. The van der Waals surface area contributed by atoms with Crippen molar-refractivity contribution in [3.8, 4) is 0 Å². The third kappa shape index (κ3) is 2.50. The van der Waals surface area contributed by atoms with Crippen LogP contribution in [0.5, 0.6) is 0 Å².